The van der Waals surface area contributed by atoms with Crippen LogP contribution in [0.1, 0.15) is 64.2 Å². The van der Waals surface area contributed by atoms with E-state index in [4.69, 9.17) is 0 Å². The molecule has 2 aliphatic rings. The first kappa shape index (κ1) is 12.9. The Labute approximate surface area is 104 Å². The van der Waals surface area contributed by atoms with Gasteiger partial charge in [0.1, 0.15) is 0 Å². The first-order chi connectivity index (χ1) is 8.24. The number of aliphatic hydroxyl groups excluding tert-OH is 1. The van der Waals surface area contributed by atoms with Crippen molar-refractivity contribution in [1.82, 2.24) is 5.32 Å². The summed E-state index contributed by atoms with van der Waals surface area (Å²) in [4.78, 5) is 11.9. The predicted molar refractivity (Wildman–Crippen MR) is 67.6 cm³/mol. The molecule has 0 heterocycles. The number of hydrogen-bond donors (Lipinski definition) is 2. The highest BCUT2D eigenvalue weighted by Crippen LogP contribution is 2.27. The number of aliphatic hydroxyl groups is 1. The number of rotatable bonds is 3. The van der Waals surface area contributed by atoms with E-state index in [1.54, 1.807) is 0 Å². The SMILES string of the molecule is O=C(CC1CCC(O)CC1)NC1CCCCC1. The minimum atomic E-state index is -0.118. The van der Waals surface area contributed by atoms with Crippen LogP contribution in [0.2, 0.25) is 0 Å². The van der Waals surface area contributed by atoms with Crippen LogP contribution in [0, 0.1) is 5.92 Å². The van der Waals surface area contributed by atoms with E-state index in [2.05, 4.69) is 5.32 Å². The van der Waals surface area contributed by atoms with Crippen LogP contribution in [-0.2, 0) is 4.79 Å². The van der Waals surface area contributed by atoms with Gasteiger partial charge >= 0.3 is 0 Å². The Morgan fingerprint density at radius 2 is 1.65 bits per heavy atom. The van der Waals surface area contributed by atoms with Crippen LogP contribution in [0.3, 0.4) is 0 Å². The fourth-order valence-corrected chi connectivity index (χ4v) is 3.14. The summed E-state index contributed by atoms with van der Waals surface area (Å²) in [6.45, 7) is 0. The molecule has 0 unspecified atom stereocenters. The molecule has 0 radical (unpaired) electrons. The van der Waals surface area contributed by atoms with Gasteiger partial charge in [0.2, 0.25) is 5.91 Å². The van der Waals surface area contributed by atoms with Crippen molar-refractivity contribution in [2.24, 2.45) is 5.92 Å². The van der Waals surface area contributed by atoms with Gasteiger partial charge in [0.15, 0.2) is 0 Å². The van der Waals surface area contributed by atoms with Crippen LogP contribution in [0.25, 0.3) is 0 Å². The van der Waals surface area contributed by atoms with E-state index in [9.17, 15) is 9.90 Å². The second-order valence-electron chi connectivity index (χ2n) is 5.78. The molecule has 17 heavy (non-hydrogen) atoms. The third kappa shape index (κ3) is 4.30. The van der Waals surface area contributed by atoms with Crippen molar-refractivity contribution in [3.63, 3.8) is 0 Å². The zero-order valence-corrected chi connectivity index (χ0v) is 10.7. The molecule has 0 saturated heterocycles. The first-order valence-corrected chi connectivity index (χ1v) is 7.21. The molecule has 2 aliphatic carbocycles. The predicted octanol–water partition coefficient (Wildman–Crippen LogP) is 2.38. The summed E-state index contributed by atoms with van der Waals surface area (Å²) >= 11 is 0. The largest absolute Gasteiger partial charge is 0.393 e. The molecule has 0 aromatic rings. The Bertz CT molecular complexity index is 241. The lowest BCUT2D eigenvalue weighted by atomic mass is 9.85. The highest BCUT2D eigenvalue weighted by Gasteiger charge is 2.23. The molecule has 0 aromatic heterocycles. The zero-order valence-electron chi connectivity index (χ0n) is 10.7. The van der Waals surface area contributed by atoms with Gasteiger partial charge < -0.3 is 10.4 Å². The van der Waals surface area contributed by atoms with Gasteiger partial charge in [0.25, 0.3) is 0 Å². The summed E-state index contributed by atoms with van der Waals surface area (Å²) in [6.07, 6.45) is 10.5. The van der Waals surface area contributed by atoms with Gasteiger partial charge in [0, 0.05) is 12.5 Å². The van der Waals surface area contributed by atoms with Crippen LogP contribution in [0.15, 0.2) is 0 Å². The zero-order chi connectivity index (χ0) is 12.1. The monoisotopic (exact) mass is 239 g/mol. The van der Waals surface area contributed by atoms with Crippen LogP contribution in [0.5, 0.6) is 0 Å². The van der Waals surface area contributed by atoms with Gasteiger partial charge in [-0.3, -0.25) is 4.79 Å². The summed E-state index contributed by atoms with van der Waals surface area (Å²) in [5, 5.41) is 12.6. The highest BCUT2D eigenvalue weighted by atomic mass is 16.3. The summed E-state index contributed by atoms with van der Waals surface area (Å²) < 4.78 is 0. The third-order valence-electron chi connectivity index (χ3n) is 4.26. The Morgan fingerprint density at radius 1 is 1.00 bits per heavy atom. The molecule has 3 nitrogen and oxygen atoms in total. The standard InChI is InChI=1S/C14H25NO2/c16-13-8-6-11(7-9-13)10-14(17)15-12-4-2-1-3-5-12/h11-13,16H,1-10H2,(H,15,17). The molecule has 98 valence electrons. The van der Waals surface area contributed by atoms with E-state index in [0.29, 0.717) is 18.4 Å². The Hall–Kier alpha value is -0.570. The van der Waals surface area contributed by atoms with Crippen molar-refractivity contribution in [3.05, 3.63) is 0 Å². The van der Waals surface area contributed by atoms with Gasteiger partial charge in [-0.1, -0.05) is 19.3 Å². The van der Waals surface area contributed by atoms with Gasteiger partial charge in [-0.25, -0.2) is 0 Å². The molecule has 2 saturated carbocycles. The maximum Gasteiger partial charge on any atom is 0.220 e. The Morgan fingerprint density at radius 3 is 2.29 bits per heavy atom. The maximum absolute atomic E-state index is 11.9. The van der Waals surface area contributed by atoms with E-state index in [0.717, 1.165) is 38.5 Å². The van der Waals surface area contributed by atoms with Crippen molar-refractivity contribution in [1.29, 1.82) is 0 Å². The van der Waals surface area contributed by atoms with Crippen molar-refractivity contribution >= 4 is 5.91 Å². The summed E-state index contributed by atoms with van der Waals surface area (Å²) in [7, 11) is 0. The molecule has 0 bridgehead atoms. The van der Waals surface area contributed by atoms with Crippen LogP contribution >= 0.6 is 0 Å². The summed E-state index contributed by atoms with van der Waals surface area (Å²) in [5.74, 6) is 0.736. The molecule has 2 rings (SSSR count). The van der Waals surface area contributed by atoms with E-state index in [1.165, 1.54) is 19.3 Å². The smallest absolute Gasteiger partial charge is 0.220 e. The normalized spacial score (nSPS) is 31.1. The number of hydrogen-bond acceptors (Lipinski definition) is 2. The summed E-state index contributed by atoms with van der Waals surface area (Å²) in [5.41, 5.74) is 0. The number of amides is 1. The van der Waals surface area contributed by atoms with Crippen molar-refractivity contribution in [2.75, 3.05) is 0 Å². The minimum absolute atomic E-state index is 0.118. The van der Waals surface area contributed by atoms with E-state index in [-0.39, 0.29) is 12.0 Å². The van der Waals surface area contributed by atoms with Gasteiger partial charge in [0.05, 0.1) is 6.10 Å². The molecule has 0 spiro atoms. The molecule has 0 aliphatic heterocycles. The van der Waals surface area contributed by atoms with E-state index < -0.39 is 0 Å². The molecule has 0 atom stereocenters. The lowest BCUT2D eigenvalue weighted by molar-refractivity contribution is -0.123. The maximum atomic E-state index is 11.9. The van der Waals surface area contributed by atoms with Crippen molar-refractivity contribution in [2.45, 2.75) is 76.4 Å². The van der Waals surface area contributed by atoms with Crippen LogP contribution in [-0.4, -0.2) is 23.2 Å². The molecule has 2 N–H and O–H groups in total. The average Bonchev–Trinajstić information content (AvgIpc) is 2.33. The molecule has 0 aromatic carbocycles. The third-order valence-corrected chi connectivity index (χ3v) is 4.26. The van der Waals surface area contributed by atoms with Gasteiger partial charge in [-0.15, -0.1) is 0 Å². The second-order valence-corrected chi connectivity index (χ2v) is 5.78. The number of nitrogens with one attached hydrogen (secondary N) is 1. The molecular formula is C14H25NO2. The molecule has 3 heteroatoms. The number of carbonyl (C=O) groups excluding carboxylic acids is 1. The molecule has 2 fully saturated rings. The van der Waals surface area contributed by atoms with E-state index >= 15 is 0 Å². The average molecular weight is 239 g/mol. The lowest BCUT2D eigenvalue weighted by Gasteiger charge is -2.27. The Balaban J connectivity index is 1.66. The lowest BCUT2D eigenvalue weighted by Crippen LogP contribution is -2.37. The van der Waals surface area contributed by atoms with Crippen molar-refractivity contribution in [3.8, 4) is 0 Å². The van der Waals surface area contributed by atoms with Crippen LogP contribution < -0.4 is 5.32 Å². The quantitative estimate of drug-likeness (QED) is 0.794. The second kappa shape index (κ2) is 6.39. The van der Waals surface area contributed by atoms with Gasteiger partial charge in [-0.2, -0.15) is 0 Å². The number of carbonyl (C=O) groups is 1. The fourth-order valence-electron chi connectivity index (χ4n) is 3.14. The van der Waals surface area contributed by atoms with Gasteiger partial charge in [-0.05, 0) is 44.4 Å². The molecular weight excluding hydrogens is 214 g/mol. The highest BCUT2D eigenvalue weighted by molar-refractivity contribution is 5.76. The topological polar surface area (TPSA) is 49.3 Å². The molecule has 1 amide bonds. The van der Waals surface area contributed by atoms with E-state index in [1.807, 2.05) is 0 Å². The minimum Gasteiger partial charge on any atom is -0.393 e. The summed E-state index contributed by atoms with van der Waals surface area (Å²) in [6, 6.07) is 0.436. The fraction of sp³-hybridized carbons (Fsp3) is 0.929. The first-order valence-electron chi connectivity index (χ1n) is 7.21. The Kier molecular flexibility index (Phi) is 4.84. The van der Waals surface area contributed by atoms with Crippen LogP contribution in [0.4, 0.5) is 0 Å². The van der Waals surface area contributed by atoms with Crippen molar-refractivity contribution < 1.29 is 9.90 Å².